The summed E-state index contributed by atoms with van der Waals surface area (Å²) in [5, 5.41) is 7.23. The Morgan fingerprint density at radius 1 is 1.17 bits per heavy atom. The summed E-state index contributed by atoms with van der Waals surface area (Å²) < 4.78 is 2.80. The number of carbonyl (C=O) groups excluding carboxylic acids is 1. The number of amides is 1. The van der Waals surface area contributed by atoms with Crippen molar-refractivity contribution in [1.82, 2.24) is 35.5 Å². The number of nitrogens with one attached hydrogen (secondary N) is 3. The van der Waals surface area contributed by atoms with Crippen molar-refractivity contribution in [3.8, 4) is 11.5 Å². The summed E-state index contributed by atoms with van der Waals surface area (Å²) in [7, 11) is 1.66. The maximum atomic E-state index is 12.5. The summed E-state index contributed by atoms with van der Waals surface area (Å²) in [6.07, 6.45) is 2.31. The molecule has 9 heteroatoms. The van der Waals surface area contributed by atoms with Gasteiger partial charge in [0.2, 0.25) is 5.91 Å². The van der Waals surface area contributed by atoms with Crippen molar-refractivity contribution in [2.45, 2.75) is 25.0 Å². The second kappa shape index (κ2) is 8.38. The Hall–Kier alpha value is -3.30. The molecule has 0 spiro atoms. The van der Waals surface area contributed by atoms with Gasteiger partial charge in [0.15, 0.2) is 5.82 Å². The lowest BCUT2D eigenvalue weighted by Crippen LogP contribution is -2.44. The highest BCUT2D eigenvalue weighted by molar-refractivity contribution is 5.82. The van der Waals surface area contributed by atoms with Crippen LogP contribution in [-0.2, 0) is 18.4 Å². The van der Waals surface area contributed by atoms with Gasteiger partial charge in [-0.2, -0.15) is 0 Å². The Morgan fingerprint density at radius 3 is 2.72 bits per heavy atom. The zero-order valence-electron chi connectivity index (χ0n) is 16.1. The summed E-state index contributed by atoms with van der Waals surface area (Å²) in [4.78, 5) is 29.1. The quantitative estimate of drug-likeness (QED) is 0.559. The van der Waals surface area contributed by atoms with Crippen LogP contribution in [0.4, 0.5) is 0 Å². The third-order valence-corrected chi connectivity index (χ3v) is 4.98. The predicted octanol–water partition coefficient (Wildman–Crippen LogP) is 0.368. The molecular formula is C20H23N7O2. The van der Waals surface area contributed by atoms with E-state index in [-0.39, 0.29) is 30.2 Å². The van der Waals surface area contributed by atoms with Crippen LogP contribution in [0, 0.1) is 0 Å². The number of pyridine rings is 1. The number of aromatic nitrogens is 4. The minimum absolute atomic E-state index is 0.0892. The van der Waals surface area contributed by atoms with E-state index in [1.807, 2.05) is 42.5 Å². The average Bonchev–Trinajstić information content (AvgIpc) is 3.36. The van der Waals surface area contributed by atoms with Crippen molar-refractivity contribution in [3.05, 3.63) is 70.8 Å². The van der Waals surface area contributed by atoms with Crippen LogP contribution in [0.15, 0.2) is 59.5 Å². The molecule has 1 aromatic carbocycles. The van der Waals surface area contributed by atoms with Crippen LogP contribution in [0.1, 0.15) is 18.0 Å². The Labute approximate surface area is 167 Å². The van der Waals surface area contributed by atoms with Crippen LogP contribution in [0.2, 0.25) is 0 Å². The predicted molar refractivity (Wildman–Crippen MR) is 108 cm³/mol. The Balaban J connectivity index is 1.33. The van der Waals surface area contributed by atoms with Crippen LogP contribution < -0.4 is 21.9 Å². The SMILES string of the molecule is Cn1c(-c2ccccn2)nn(CCNC(=O)C2CC(c3ccccc3)NN2)c1=O. The lowest BCUT2D eigenvalue weighted by Gasteiger charge is -2.10. The zero-order valence-corrected chi connectivity index (χ0v) is 16.1. The molecule has 29 heavy (non-hydrogen) atoms. The number of benzene rings is 1. The highest BCUT2D eigenvalue weighted by Crippen LogP contribution is 2.21. The molecule has 0 saturated carbocycles. The lowest BCUT2D eigenvalue weighted by atomic mass is 10.0. The van der Waals surface area contributed by atoms with Gasteiger partial charge in [-0.15, -0.1) is 5.10 Å². The van der Waals surface area contributed by atoms with Crippen molar-refractivity contribution >= 4 is 5.91 Å². The van der Waals surface area contributed by atoms with E-state index >= 15 is 0 Å². The van der Waals surface area contributed by atoms with Gasteiger partial charge in [-0.1, -0.05) is 36.4 Å². The van der Waals surface area contributed by atoms with Crippen LogP contribution in [0.5, 0.6) is 0 Å². The van der Waals surface area contributed by atoms with E-state index < -0.39 is 0 Å². The molecule has 1 aliphatic rings. The van der Waals surface area contributed by atoms with Crippen LogP contribution in [-0.4, -0.2) is 37.8 Å². The fourth-order valence-corrected chi connectivity index (χ4v) is 3.39. The molecule has 9 nitrogen and oxygen atoms in total. The molecule has 2 aromatic heterocycles. The molecule has 2 unspecified atom stereocenters. The summed E-state index contributed by atoms with van der Waals surface area (Å²) >= 11 is 0. The van der Waals surface area contributed by atoms with Gasteiger partial charge in [0.1, 0.15) is 11.7 Å². The number of hydrogen-bond donors (Lipinski definition) is 3. The first-order valence-corrected chi connectivity index (χ1v) is 9.52. The second-order valence-corrected chi connectivity index (χ2v) is 6.93. The number of hydrogen-bond acceptors (Lipinski definition) is 6. The molecule has 0 aliphatic carbocycles. The third kappa shape index (κ3) is 4.10. The molecule has 150 valence electrons. The maximum absolute atomic E-state index is 12.5. The molecule has 2 atom stereocenters. The van der Waals surface area contributed by atoms with Crippen molar-refractivity contribution in [2.75, 3.05) is 6.54 Å². The van der Waals surface area contributed by atoms with Crippen LogP contribution >= 0.6 is 0 Å². The van der Waals surface area contributed by atoms with E-state index in [9.17, 15) is 9.59 Å². The van der Waals surface area contributed by atoms with Gasteiger partial charge in [0.05, 0.1) is 6.54 Å². The van der Waals surface area contributed by atoms with Crippen molar-refractivity contribution < 1.29 is 4.79 Å². The molecule has 3 N–H and O–H groups in total. The molecule has 0 bridgehead atoms. The van der Waals surface area contributed by atoms with Crippen LogP contribution in [0.25, 0.3) is 11.5 Å². The topological polar surface area (TPSA) is 106 Å². The first kappa shape index (κ1) is 19.0. The molecule has 1 fully saturated rings. The minimum atomic E-state index is -0.329. The largest absolute Gasteiger partial charge is 0.353 e. The van der Waals surface area contributed by atoms with Gasteiger partial charge in [-0.05, 0) is 24.1 Å². The highest BCUT2D eigenvalue weighted by Gasteiger charge is 2.29. The highest BCUT2D eigenvalue weighted by atomic mass is 16.2. The first-order chi connectivity index (χ1) is 14.1. The molecule has 0 radical (unpaired) electrons. The smallest absolute Gasteiger partial charge is 0.346 e. The lowest BCUT2D eigenvalue weighted by molar-refractivity contribution is -0.122. The standard InChI is InChI=1S/C20H23N7O2/c1-26-18(15-9-5-6-10-21-15)25-27(20(26)29)12-11-22-19(28)17-13-16(23-24-17)14-7-3-2-4-8-14/h2-10,16-17,23-24H,11-13H2,1H3,(H,22,28). The summed E-state index contributed by atoms with van der Waals surface area (Å²) in [6.45, 7) is 0.596. The van der Waals surface area contributed by atoms with Gasteiger partial charge in [-0.3, -0.25) is 14.3 Å². The maximum Gasteiger partial charge on any atom is 0.346 e. The van der Waals surface area contributed by atoms with Gasteiger partial charge >= 0.3 is 5.69 Å². The Bertz CT molecular complexity index is 1030. The summed E-state index contributed by atoms with van der Waals surface area (Å²) in [6, 6.07) is 15.2. The summed E-state index contributed by atoms with van der Waals surface area (Å²) in [5.41, 5.74) is 7.72. The number of nitrogens with zero attached hydrogens (tertiary/aromatic N) is 4. The fraction of sp³-hybridized carbons (Fsp3) is 0.300. The van der Waals surface area contributed by atoms with Crippen LogP contribution in [0.3, 0.4) is 0 Å². The van der Waals surface area contributed by atoms with E-state index in [1.165, 1.54) is 9.25 Å². The van der Waals surface area contributed by atoms with Crippen molar-refractivity contribution in [2.24, 2.45) is 7.05 Å². The molecular weight excluding hydrogens is 370 g/mol. The Kier molecular flexibility index (Phi) is 5.50. The van der Waals surface area contributed by atoms with Gasteiger partial charge in [0.25, 0.3) is 0 Å². The first-order valence-electron chi connectivity index (χ1n) is 9.52. The third-order valence-electron chi connectivity index (χ3n) is 4.98. The van der Waals surface area contributed by atoms with Crippen molar-refractivity contribution in [1.29, 1.82) is 0 Å². The molecule has 3 aromatic rings. The molecule has 1 aliphatic heterocycles. The monoisotopic (exact) mass is 393 g/mol. The average molecular weight is 393 g/mol. The van der Waals surface area contributed by atoms with E-state index in [4.69, 9.17) is 0 Å². The number of rotatable bonds is 6. The van der Waals surface area contributed by atoms with Gasteiger partial charge < -0.3 is 5.32 Å². The zero-order chi connectivity index (χ0) is 20.2. The number of hydrazine groups is 1. The minimum Gasteiger partial charge on any atom is -0.353 e. The molecule has 3 heterocycles. The molecule has 1 amide bonds. The van der Waals surface area contributed by atoms with E-state index in [1.54, 1.807) is 19.3 Å². The van der Waals surface area contributed by atoms with E-state index in [0.29, 0.717) is 24.5 Å². The van der Waals surface area contributed by atoms with E-state index in [2.05, 4.69) is 26.3 Å². The van der Waals surface area contributed by atoms with Crippen molar-refractivity contribution in [3.63, 3.8) is 0 Å². The van der Waals surface area contributed by atoms with Gasteiger partial charge in [-0.25, -0.2) is 20.3 Å². The molecule has 4 rings (SSSR count). The summed E-state index contributed by atoms with van der Waals surface area (Å²) in [5.74, 6) is 0.388. The molecule has 1 saturated heterocycles. The normalized spacial score (nSPS) is 18.7. The Morgan fingerprint density at radius 2 is 1.97 bits per heavy atom. The fourth-order valence-electron chi connectivity index (χ4n) is 3.39. The number of carbonyl (C=O) groups is 1. The van der Waals surface area contributed by atoms with E-state index in [0.717, 1.165) is 5.56 Å². The van der Waals surface area contributed by atoms with Gasteiger partial charge in [0, 0.05) is 25.8 Å². The second-order valence-electron chi connectivity index (χ2n) is 6.93.